The number of nitrogens with one attached hydrogen (secondary N) is 1. The molecule has 0 rings (SSSR count). The van der Waals surface area contributed by atoms with Crippen LogP contribution < -0.4 is 5.32 Å². The van der Waals surface area contributed by atoms with E-state index in [9.17, 15) is 4.79 Å². The van der Waals surface area contributed by atoms with Crippen molar-refractivity contribution in [3.8, 4) is 0 Å². The fourth-order valence-electron chi connectivity index (χ4n) is 2.56. The molecule has 0 spiro atoms. The van der Waals surface area contributed by atoms with E-state index in [1.165, 1.54) is 19.3 Å². The summed E-state index contributed by atoms with van der Waals surface area (Å²) in [6, 6.07) is 0. The first-order valence-electron chi connectivity index (χ1n) is 9.60. The maximum Gasteiger partial charge on any atom is 0.220 e. The van der Waals surface area contributed by atoms with Crippen LogP contribution in [0.4, 0.5) is 0 Å². The highest BCUT2D eigenvalue weighted by Crippen LogP contribution is 2.04. The first-order chi connectivity index (χ1) is 11.7. The number of unbranched alkanes of at least 4 members (excludes halogenated alkanes) is 5. The zero-order chi connectivity index (χ0) is 17.9. The number of carbonyl (C=O) groups excluding carboxylic acids is 1. The molecule has 24 heavy (non-hydrogen) atoms. The number of carbonyl (C=O) groups is 1. The topological polar surface area (TPSA) is 52.6 Å². The molecule has 0 saturated carbocycles. The molecule has 0 atom stereocenters. The summed E-state index contributed by atoms with van der Waals surface area (Å²) in [5, 5.41) is 12.1. The summed E-state index contributed by atoms with van der Waals surface area (Å²) in [5.74, 6) is 0.133. The summed E-state index contributed by atoms with van der Waals surface area (Å²) >= 11 is 0. The molecule has 0 heterocycles. The lowest BCUT2D eigenvalue weighted by Crippen LogP contribution is -2.36. The van der Waals surface area contributed by atoms with Crippen LogP contribution in [0, 0.1) is 0 Å². The molecule has 0 fully saturated rings. The van der Waals surface area contributed by atoms with Crippen LogP contribution in [0.1, 0.15) is 64.7 Å². The molecule has 0 aliphatic heterocycles. The molecule has 0 saturated heterocycles. The summed E-state index contributed by atoms with van der Waals surface area (Å²) in [6.07, 6.45) is 15.7. The molecule has 0 unspecified atom stereocenters. The van der Waals surface area contributed by atoms with Gasteiger partial charge in [0.05, 0.1) is 6.61 Å². The smallest absolute Gasteiger partial charge is 0.220 e. The minimum Gasteiger partial charge on any atom is -0.395 e. The Morgan fingerprint density at radius 1 is 1.04 bits per heavy atom. The molecule has 4 nitrogen and oxygen atoms in total. The minimum absolute atomic E-state index is 0.133. The molecule has 0 radical (unpaired) electrons. The fraction of sp³-hybridized carbons (Fsp3) is 0.750. The van der Waals surface area contributed by atoms with Crippen molar-refractivity contribution in [2.75, 3.05) is 32.8 Å². The zero-order valence-corrected chi connectivity index (χ0v) is 15.6. The van der Waals surface area contributed by atoms with E-state index in [1.807, 2.05) is 6.08 Å². The van der Waals surface area contributed by atoms with Crippen molar-refractivity contribution in [1.29, 1.82) is 0 Å². The highest BCUT2D eigenvalue weighted by Gasteiger charge is 2.05. The van der Waals surface area contributed by atoms with E-state index >= 15 is 0 Å². The molecule has 4 heteroatoms. The SMILES string of the molecule is C=CCCCCCCN(CCO)CCNC(=O)CCC/C=C/CC. The lowest BCUT2D eigenvalue weighted by molar-refractivity contribution is -0.121. The van der Waals surface area contributed by atoms with E-state index in [2.05, 4.69) is 35.9 Å². The molecular formula is C20H38N2O2. The number of amides is 1. The normalized spacial score (nSPS) is 11.3. The average Bonchev–Trinajstić information content (AvgIpc) is 2.57. The highest BCUT2D eigenvalue weighted by atomic mass is 16.3. The Bertz CT molecular complexity index is 330. The van der Waals surface area contributed by atoms with Crippen LogP contribution in [0.2, 0.25) is 0 Å². The molecule has 0 aromatic rings. The summed E-state index contributed by atoms with van der Waals surface area (Å²) in [7, 11) is 0. The Kier molecular flexibility index (Phi) is 17.4. The molecular weight excluding hydrogens is 300 g/mol. The number of hydrogen-bond acceptors (Lipinski definition) is 3. The highest BCUT2D eigenvalue weighted by molar-refractivity contribution is 5.75. The average molecular weight is 339 g/mol. The van der Waals surface area contributed by atoms with Crippen LogP contribution in [0.25, 0.3) is 0 Å². The van der Waals surface area contributed by atoms with Gasteiger partial charge in [-0.05, 0) is 45.1 Å². The Morgan fingerprint density at radius 3 is 2.54 bits per heavy atom. The monoisotopic (exact) mass is 338 g/mol. The first kappa shape index (κ1) is 22.9. The van der Waals surface area contributed by atoms with Crippen LogP contribution in [0.15, 0.2) is 24.8 Å². The summed E-state index contributed by atoms with van der Waals surface area (Å²) in [4.78, 5) is 14.0. The number of aliphatic hydroxyl groups is 1. The fourth-order valence-corrected chi connectivity index (χ4v) is 2.56. The standard InChI is InChI=1S/C20H38N2O2/c1-3-5-7-9-11-13-16-22(18-19-23)17-15-21-20(24)14-12-10-8-6-4-2/h3,6,8,23H,1,4-5,7,9-19H2,2H3,(H,21,24)/b8-6+. The van der Waals surface area contributed by atoms with Crippen LogP contribution in [0.3, 0.4) is 0 Å². The maximum atomic E-state index is 11.8. The van der Waals surface area contributed by atoms with Crippen molar-refractivity contribution < 1.29 is 9.90 Å². The zero-order valence-electron chi connectivity index (χ0n) is 15.6. The van der Waals surface area contributed by atoms with Gasteiger partial charge in [-0.2, -0.15) is 0 Å². The van der Waals surface area contributed by atoms with Gasteiger partial charge in [0.15, 0.2) is 0 Å². The van der Waals surface area contributed by atoms with Crippen LogP contribution in [0.5, 0.6) is 0 Å². The van der Waals surface area contributed by atoms with Gasteiger partial charge in [-0.15, -0.1) is 6.58 Å². The summed E-state index contributed by atoms with van der Waals surface area (Å²) < 4.78 is 0. The van der Waals surface area contributed by atoms with Crippen molar-refractivity contribution in [2.45, 2.75) is 64.7 Å². The second-order valence-electron chi connectivity index (χ2n) is 6.18. The van der Waals surface area contributed by atoms with E-state index in [4.69, 9.17) is 5.11 Å². The Balaban J connectivity index is 3.69. The van der Waals surface area contributed by atoms with Crippen molar-refractivity contribution >= 4 is 5.91 Å². The van der Waals surface area contributed by atoms with Gasteiger partial charge in [-0.1, -0.05) is 38.0 Å². The minimum atomic E-state index is 0.133. The second kappa shape index (κ2) is 18.2. The Hall–Kier alpha value is -1.13. The lowest BCUT2D eigenvalue weighted by Gasteiger charge is -2.21. The number of allylic oxidation sites excluding steroid dienone is 3. The van der Waals surface area contributed by atoms with E-state index in [0.717, 1.165) is 45.2 Å². The van der Waals surface area contributed by atoms with Crippen molar-refractivity contribution in [2.24, 2.45) is 0 Å². The van der Waals surface area contributed by atoms with Gasteiger partial charge in [0, 0.05) is 26.1 Å². The molecule has 0 aliphatic rings. The van der Waals surface area contributed by atoms with Crippen LogP contribution in [-0.4, -0.2) is 48.7 Å². The third-order valence-electron chi connectivity index (χ3n) is 3.98. The Morgan fingerprint density at radius 2 is 1.83 bits per heavy atom. The summed E-state index contributed by atoms with van der Waals surface area (Å²) in [5.41, 5.74) is 0. The van der Waals surface area contributed by atoms with Gasteiger partial charge in [0.2, 0.25) is 5.91 Å². The molecule has 0 aromatic heterocycles. The third kappa shape index (κ3) is 15.8. The van der Waals surface area contributed by atoms with Gasteiger partial charge < -0.3 is 10.4 Å². The lowest BCUT2D eigenvalue weighted by atomic mass is 10.1. The van der Waals surface area contributed by atoms with E-state index < -0.39 is 0 Å². The van der Waals surface area contributed by atoms with E-state index in [0.29, 0.717) is 19.5 Å². The number of aliphatic hydroxyl groups excluding tert-OH is 1. The van der Waals surface area contributed by atoms with Crippen LogP contribution >= 0.6 is 0 Å². The van der Waals surface area contributed by atoms with Gasteiger partial charge in [0.25, 0.3) is 0 Å². The summed E-state index contributed by atoms with van der Waals surface area (Å²) in [6.45, 7) is 9.18. The van der Waals surface area contributed by atoms with Crippen molar-refractivity contribution in [3.63, 3.8) is 0 Å². The largest absolute Gasteiger partial charge is 0.395 e. The quantitative estimate of drug-likeness (QED) is 0.314. The number of nitrogens with zero attached hydrogens (tertiary/aromatic N) is 1. The van der Waals surface area contributed by atoms with Crippen molar-refractivity contribution in [3.05, 3.63) is 24.8 Å². The predicted molar refractivity (Wildman–Crippen MR) is 103 cm³/mol. The first-order valence-corrected chi connectivity index (χ1v) is 9.60. The van der Waals surface area contributed by atoms with E-state index in [1.54, 1.807) is 0 Å². The number of rotatable bonds is 17. The predicted octanol–water partition coefficient (Wildman–Crippen LogP) is 3.67. The molecule has 0 aliphatic carbocycles. The second-order valence-corrected chi connectivity index (χ2v) is 6.18. The van der Waals surface area contributed by atoms with E-state index in [-0.39, 0.29) is 12.5 Å². The van der Waals surface area contributed by atoms with Gasteiger partial charge in [-0.25, -0.2) is 0 Å². The molecule has 0 aromatic carbocycles. The van der Waals surface area contributed by atoms with Gasteiger partial charge >= 0.3 is 0 Å². The Labute approximate surface area is 149 Å². The van der Waals surface area contributed by atoms with Crippen molar-refractivity contribution in [1.82, 2.24) is 10.2 Å². The molecule has 1 amide bonds. The molecule has 2 N–H and O–H groups in total. The third-order valence-corrected chi connectivity index (χ3v) is 3.98. The molecule has 0 bridgehead atoms. The van der Waals surface area contributed by atoms with Gasteiger partial charge in [0.1, 0.15) is 0 Å². The van der Waals surface area contributed by atoms with Gasteiger partial charge in [-0.3, -0.25) is 9.69 Å². The number of hydrogen-bond donors (Lipinski definition) is 2. The van der Waals surface area contributed by atoms with Crippen LogP contribution in [-0.2, 0) is 4.79 Å². The molecule has 140 valence electrons. The maximum absolute atomic E-state index is 11.8.